The van der Waals surface area contributed by atoms with Gasteiger partial charge in [0.15, 0.2) is 11.5 Å². The van der Waals surface area contributed by atoms with Crippen LogP contribution >= 0.6 is 0 Å². The number of rotatable bonds is 6. The number of hydrogen-bond acceptors (Lipinski definition) is 4. The van der Waals surface area contributed by atoms with Gasteiger partial charge < -0.3 is 19.9 Å². The van der Waals surface area contributed by atoms with Gasteiger partial charge in [0.25, 0.3) is 5.91 Å². The fourth-order valence-corrected chi connectivity index (χ4v) is 2.65. The molecule has 3 rings (SSSR count). The van der Waals surface area contributed by atoms with Crippen LogP contribution in [0.3, 0.4) is 0 Å². The highest BCUT2D eigenvalue weighted by Crippen LogP contribution is 2.30. The summed E-state index contributed by atoms with van der Waals surface area (Å²) >= 11 is 0. The van der Waals surface area contributed by atoms with E-state index in [0.717, 1.165) is 5.56 Å². The Labute approximate surface area is 145 Å². The van der Waals surface area contributed by atoms with Gasteiger partial charge in [-0.15, -0.1) is 0 Å². The molecule has 0 aromatic heterocycles. The molecule has 0 saturated heterocycles. The smallest absolute Gasteiger partial charge is 0.308 e. The van der Waals surface area contributed by atoms with E-state index in [9.17, 15) is 14.7 Å². The molecular weight excluding hydrogens is 322 g/mol. The summed E-state index contributed by atoms with van der Waals surface area (Å²) in [5, 5.41) is 12.1. The summed E-state index contributed by atoms with van der Waals surface area (Å²) in [6.07, 6.45) is 0.359. The predicted octanol–water partition coefficient (Wildman–Crippen LogP) is 2.13. The van der Waals surface area contributed by atoms with Crippen molar-refractivity contribution in [3.8, 4) is 11.5 Å². The quantitative estimate of drug-likeness (QED) is 0.841. The number of benzene rings is 2. The van der Waals surface area contributed by atoms with Gasteiger partial charge in [0.05, 0.1) is 5.92 Å². The number of carboxylic acids is 1. The fraction of sp³-hybridized carbons (Fsp3) is 0.263. The van der Waals surface area contributed by atoms with Crippen LogP contribution < -0.4 is 14.8 Å². The molecule has 0 saturated carbocycles. The number of carbonyl (C=O) groups is 2. The lowest BCUT2D eigenvalue weighted by atomic mass is 9.99. The number of nitrogens with one attached hydrogen (secondary N) is 1. The first-order valence-electron chi connectivity index (χ1n) is 8.08. The van der Waals surface area contributed by atoms with Crippen LogP contribution in [-0.4, -0.2) is 36.7 Å². The third-order valence-corrected chi connectivity index (χ3v) is 3.99. The molecule has 2 aromatic rings. The Morgan fingerprint density at radius 3 is 2.48 bits per heavy atom. The summed E-state index contributed by atoms with van der Waals surface area (Å²) < 4.78 is 10.9. The molecule has 0 bridgehead atoms. The van der Waals surface area contributed by atoms with Crippen LogP contribution in [-0.2, 0) is 11.2 Å². The number of carboxylic acid groups (broad SMARTS) is 1. The van der Waals surface area contributed by atoms with E-state index in [1.807, 2.05) is 30.3 Å². The van der Waals surface area contributed by atoms with Gasteiger partial charge in [0.1, 0.15) is 13.2 Å². The number of ether oxygens (including phenoxy) is 2. The maximum Gasteiger partial charge on any atom is 0.308 e. The van der Waals surface area contributed by atoms with Gasteiger partial charge in [0, 0.05) is 12.1 Å². The first-order valence-corrected chi connectivity index (χ1v) is 8.08. The van der Waals surface area contributed by atoms with Crippen molar-refractivity contribution in [1.29, 1.82) is 0 Å². The van der Waals surface area contributed by atoms with Crippen LogP contribution in [0.4, 0.5) is 0 Å². The summed E-state index contributed by atoms with van der Waals surface area (Å²) in [5.41, 5.74) is 1.33. The largest absolute Gasteiger partial charge is 0.486 e. The molecule has 6 nitrogen and oxygen atoms in total. The van der Waals surface area contributed by atoms with Crippen LogP contribution in [0.5, 0.6) is 11.5 Å². The minimum absolute atomic E-state index is 0.0531. The number of hydrogen-bond donors (Lipinski definition) is 2. The van der Waals surface area contributed by atoms with Gasteiger partial charge in [-0.05, 0) is 30.2 Å². The summed E-state index contributed by atoms with van der Waals surface area (Å²) in [6.45, 7) is 0.978. The van der Waals surface area contributed by atoms with Crippen molar-refractivity contribution in [1.82, 2.24) is 5.32 Å². The predicted molar refractivity (Wildman–Crippen MR) is 91.0 cm³/mol. The second-order valence-corrected chi connectivity index (χ2v) is 5.79. The Morgan fingerprint density at radius 2 is 1.76 bits per heavy atom. The zero-order chi connectivity index (χ0) is 17.6. The fourth-order valence-electron chi connectivity index (χ4n) is 2.65. The van der Waals surface area contributed by atoms with Crippen molar-refractivity contribution in [2.24, 2.45) is 5.92 Å². The van der Waals surface area contributed by atoms with E-state index in [-0.39, 0.29) is 12.5 Å². The molecule has 6 heteroatoms. The molecule has 0 aliphatic carbocycles. The van der Waals surface area contributed by atoms with E-state index in [1.165, 1.54) is 0 Å². The van der Waals surface area contributed by atoms with E-state index in [1.54, 1.807) is 18.2 Å². The number of fused-ring (bicyclic) bond motifs is 1. The van der Waals surface area contributed by atoms with Crippen molar-refractivity contribution in [2.45, 2.75) is 6.42 Å². The highest BCUT2D eigenvalue weighted by Gasteiger charge is 2.20. The zero-order valence-electron chi connectivity index (χ0n) is 13.6. The van der Waals surface area contributed by atoms with Gasteiger partial charge in [0.2, 0.25) is 0 Å². The highest BCUT2D eigenvalue weighted by molar-refractivity contribution is 5.95. The normalized spacial score (nSPS) is 13.8. The number of aliphatic carboxylic acids is 1. The Morgan fingerprint density at radius 1 is 1.04 bits per heavy atom. The van der Waals surface area contributed by atoms with E-state index in [0.29, 0.717) is 36.7 Å². The van der Waals surface area contributed by atoms with E-state index in [2.05, 4.69) is 5.32 Å². The molecule has 1 aliphatic heterocycles. The Bertz CT molecular complexity index is 760. The van der Waals surface area contributed by atoms with Crippen molar-refractivity contribution in [3.05, 3.63) is 59.7 Å². The summed E-state index contributed by atoms with van der Waals surface area (Å²) in [6, 6.07) is 14.3. The second kappa shape index (κ2) is 7.70. The number of amides is 1. The molecule has 0 radical (unpaired) electrons. The number of carbonyl (C=O) groups excluding carboxylic acids is 1. The molecule has 0 fully saturated rings. The Hall–Kier alpha value is -3.02. The van der Waals surface area contributed by atoms with Gasteiger partial charge in [-0.25, -0.2) is 0 Å². The van der Waals surface area contributed by atoms with Crippen LogP contribution in [0.25, 0.3) is 0 Å². The lowest BCUT2D eigenvalue weighted by Gasteiger charge is -2.19. The maximum atomic E-state index is 12.3. The van der Waals surface area contributed by atoms with Gasteiger partial charge in [-0.2, -0.15) is 0 Å². The maximum absolute atomic E-state index is 12.3. The summed E-state index contributed by atoms with van der Waals surface area (Å²) in [5.74, 6) is -0.834. The van der Waals surface area contributed by atoms with Crippen LogP contribution in [0.1, 0.15) is 15.9 Å². The van der Waals surface area contributed by atoms with E-state index in [4.69, 9.17) is 9.47 Å². The average molecular weight is 341 g/mol. The lowest BCUT2D eigenvalue weighted by Crippen LogP contribution is -2.34. The Balaban J connectivity index is 1.62. The van der Waals surface area contributed by atoms with Crippen LogP contribution in [0.2, 0.25) is 0 Å². The molecule has 1 aliphatic rings. The molecule has 2 aromatic carbocycles. The van der Waals surface area contributed by atoms with Crippen LogP contribution in [0.15, 0.2) is 48.5 Å². The van der Waals surface area contributed by atoms with E-state index < -0.39 is 11.9 Å². The third kappa shape index (κ3) is 4.29. The minimum Gasteiger partial charge on any atom is -0.486 e. The zero-order valence-corrected chi connectivity index (χ0v) is 13.6. The van der Waals surface area contributed by atoms with Gasteiger partial charge >= 0.3 is 5.97 Å². The third-order valence-electron chi connectivity index (χ3n) is 3.99. The van der Waals surface area contributed by atoms with Gasteiger partial charge in [-0.1, -0.05) is 30.3 Å². The molecule has 1 heterocycles. The summed E-state index contributed by atoms with van der Waals surface area (Å²) in [4.78, 5) is 23.8. The average Bonchev–Trinajstić information content (AvgIpc) is 2.65. The topological polar surface area (TPSA) is 84.9 Å². The Kier molecular flexibility index (Phi) is 5.18. The first kappa shape index (κ1) is 16.8. The second-order valence-electron chi connectivity index (χ2n) is 5.79. The standard InChI is InChI=1S/C19H19NO5/c21-18(14-6-7-16-17(11-14)25-9-8-24-16)20-12-15(19(22)23)10-13-4-2-1-3-5-13/h1-7,11,15H,8-10,12H2,(H,20,21)(H,22,23). The molecule has 2 N–H and O–H groups in total. The molecule has 1 atom stereocenters. The van der Waals surface area contributed by atoms with E-state index >= 15 is 0 Å². The molecule has 1 unspecified atom stereocenters. The van der Waals surface area contributed by atoms with Crippen molar-refractivity contribution in [2.75, 3.05) is 19.8 Å². The highest BCUT2D eigenvalue weighted by atomic mass is 16.6. The van der Waals surface area contributed by atoms with Crippen molar-refractivity contribution < 1.29 is 24.2 Å². The minimum atomic E-state index is -0.939. The summed E-state index contributed by atoms with van der Waals surface area (Å²) in [7, 11) is 0. The molecular formula is C19H19NO5. The molecule has 130 valence electrons. The first-order chi connectivity index (χ1) is 12.1. The molecule has 0 spiro atoms. The monoisotopic (exact) mass is 341 g/mol. The van der Waals surface area contributed by atoms with Crippen LogP contribution in [0, 0.1) is 5.92 Å². The lowest BCUT2D eigenvalue weighted by molar-refractivity contribution is -0.141. The van der Waals surface area contributed by atoms with Crippen molar-refractivity contribution in [3.63, 3.8) is 0 Å². The van der Waals surface area contributed by atoms with Crippen molar-refractivity contribution >= 4 is 11.9 Å². The SMILES string of the molecule is O=C(NCC(Cc1ccccc1)C(=O)O)c1ccc2c(c1)OCCO2. The van der Waals surface area contributed by atoms with Gasteiger partial charge in [-0.3, -0.25) is 9.59 Å². The molecule has 1 amide bonds. The molecule has 25 heavy (non-hydrogen) atoms.